The Kier molecular flexibility index (Phi) is 1.82. The van der Waals surface area contributed by atoms with Crippen molar-refractivity contribution in [3.63, 3.8) is 0 Å². The van der Waals surface area contributed by atoms with Gasteiger partial charge in [-0.25, -0.2) is 0 Å². The first-order valence-corrected chi connectivity index (χ1v) is 6.22. The van der Waals surface area contributed by atoms with Gasteiger partial charge in [0.2, 0.25) is 5.91 Å². The number of cyclic esters (lactones) is 2. The second kappa shape index (κ2) is 3.23. The molecule has 3 heterocycles. The van der Waals surface area contributed by atoms with Crippen LogP contribution in [0.5, 0.6) is 0 Å². The Balaban J connectivity index is 2.01. The third kappa shape index (κ3) is 1.08. The average molecular weight is 257 g/mol. The molecule has 4 atom stereocenters. The molecule has 5 heteroatoms. The Morgan fingerprint density at radius 1 is 1.00 bits per heavy atom. The molecule has 0 unspecified atom stereocenters. The van der Waals surface area contributed by atoms with Crippen LogP contribution in [0.25, 0.3) is 0 Å². The second-order valence-corrected chi connectivity index (χ2v) is 5.29. The van der Waals surface area contributed by atoms with Crippen molar-refractivity contribution >= 4 is 17.8 Å². The standard InChI is InChI=1S/C14H11NO4/c1-15-11-7-5-3-2-4-6(7)8(12(15)16)9-10(11)14(18)19-13(9)17/h2-5,8-11H,1H3/t8-,9+,10+,11+/m1/s1. The zero-order valence-corrected chi connectivity index (χ0v) is 10.2. The Labute approximate surface area is 109 Å². The van der Waals surface area contributed by atoms with E-state index in [-0.39, 0.29) is 11.9 Å². The molecule has 2 saturated heterocycles. The highest BCUT2D eigenvalue weighted by molar-refractivity contribution is 6.04. The maximum absolute atomic E-state index is 12.4. The minimum atomic E-state index is -0.643. The lowest BCUT2D eigenvalue weighted by Crippen LogP contribution is -2.54. The Bertz CT molecular complexity index is 638. The van der Waals surface area contributed by atoms with E-state index in [0.29, 0.717) is 0 Å². The predicted molar refractivity (Wildman–Crippen MR) is 62.8 cm³/mol. The molecule has 4 aliphatic rings. The number of hydrogen-bond acceptors (Lipinski definition) is 4. The quantitative estimate of drug-likeness (QED) is 0.504. The molecule has 1 aromatic carbocycles. The Hall–Kier alpha value is -2.17. The van der Waals surface area contributed by atoms with Crippen LogP contribution in [-0.2, 0) is 19.1 Å². The number of piperidine rings is 1. The average Bonchev–Trinajstić information content (AvgIpc) is 2.70. The third-order valence-corrected chi connectivity index (χ3v) is 4.51. The van der Waals surface area contributed by atoms with Crippen molar-refractivity contribution in [2.75, 3.05) is 7.05 Å². The monoisotopic (exact) mass is 257 g/mol. The van der Waals surface area contributed by atoms with Crippen molar-refractivity contribution in [2.24, 2.45) is 11.8 Å². The third-order valence-electron chi connectivity index (χ3n) is 4.51. The predicted octanol–water partition coefficient (Wildman–Crippen LogP) is 0.613. The van der Waals surface area contributed by atoms with Gasteiger partial charge in [0.25, 0.3) is 0 Å². The van der Waals surface area contributed by atoms with Gasteiger partial charge in [0, 0.05) is 7.05 Å². The zero-order chi connectivity index (χ0) is 13.3. The van der Waals surface area contributed by atoms with Crippen LogP contribution >= 0.6 is 0 Å². The van der Waals surface area contributed by atoms with E-state index in [1.54, 1.807) is 11.9 Å². The molecule has 5 rings (SSSR count). The van der Waals surface area contributed by atoms with E-state index >= 15 is 0 Å². The van der Waals surface area contributed by atoms with Gasteiger partial charge in [-0.1, -0.05) is 24.3 Å². The zero-order valence-electron chi connectivity index (χ0n) is 10.2. The van der Waals surface area contributed by atoms with E-state index in [4.69, 9.17) is 4.74 Å². The van der Waals surface area contributed by atoms with Crippen LogP contribution in [0.3, 0.4) is 0 Å². The SMILES string of the molecule is CN1C(=O)[C@@H]2c3ccccc3[C@H]1[C@H]1C(=O)OC(=O)[C@H]12. The summed E-state index contributed by atoms with van der Waals surface area (Å²) in [5.74, 6) is -2.92. The highest BCUT2D eigenvalue weighted by atomic mass is 16.6. The molecule has 0 radical (unpaired) electrons. The van der Waals surface area contributed by atoms with E-state index in [0.717, 1.165) is 11.1 Å². The molecule has 2 fully saturated rings. The number of ether oxygens (including phenoxy) is 1. The van der Waals surface area contributed by atoms with Crippen LogP contribution in [-0.4, -0.2) is 29.8 Å². The van der Waals surface area contributed by atoms with Gasteiger partial charge in [-0.05, 0) is 11.1 Å². The first-order valence-electron chi connectivity index (χ1n) is 6.22. The molecule has 1 amide bonds. The molecule has 96 valence electrons. The number of rotatable bonds is 0. The normalized spacial score (nSPS) is 35.2. The molecule has 3 aliphatic heterocycles. The Morgan fingerprint density at radius 3 is 2.37 bits per heavy atom. The summed E-state index contributed by atoms with van der Waals surface area (Å²) in [6, 6.07) is 7.14. The van der Waals surface area contributed by atoms with Gasteiger partial charge in [0.05, 0.1) is 23.8 Å². The topological polar surface area (TPSA) is 63.7 Å². The minimum absolute atomic E-state index is 0.100. The number of benzene rings is 1. The smallest absolute Gasteiger partial charge is 0.319 e. The number of hydrogen-bond donors (Lipinski definition) is 0. The molecule has 1 aliphatic carbocycles. The van der Waals surface area contributed by atoms with Gasteiger partial charge in [0.1, 0.15) is 0 Å². The number of carbonyl (C=O) groups is 3. The molecule has 2 bridgehead atoms. The van der Waals surface area contributed by atoms with Crippen molar-refractivity contribution in [1.29, 1.82) is 0 Å². The molecule has 0 N–H and O–H groups in total. The Morgan fingerprint density at radius 2 is 1.63 bits per heavy atom. The van der Waals surface area contributed by atoms with Crippen LogP contribution in [0.4, 0.5) is 0 Å². The number of amides is 1. The summed E-state index contributed by atoms with van der Waals surface area (Å²) < 4.78 is 4.76. The molecule has 1 aromatic rings. The van der Waals surface area contributed by atoms with Gasteiger partial charge in [-0.3, -0.25) is 14.4 Å². The first kappa shape index (κ1) is 10.7. The second-order valence-electron chi connectivity index (χ2n) is 5.29. The van der Waals surface area contributed by atoms with Crippen molar-refractivity contribution in [3.05, 3.63) is 35.4 Å². The number of esters is 2. The van der Waals surface area contributed by atoms with Crippen LogP contribution in [0, 0.1) is 11.8 Å². The van der Waals surface area contributed by atoms with E-state index in [1.165, 1.54) is 0 Å². The molecular weight excluding hydrogens is 246 g/mol. The maximum atomic E-state index is 12.4. The van der Waals surface area contributed by atoms with E-state index in [2.05, 4.69) is 0 Å². The lowest BCUT2D eigenvalue weighted by molar-refractivity contribution is -0.154. The summed E-state index contributed by atoms with van der Waals surface area (Å²) in [6.45, 7) is 0. The van der Waals surface area contributed by atoms with E-state index in [1.807, 2.05) is 24.3 Å². The number of likely N-dealkylation sites (N-methyl/N-ethyl adjacent to an activating group) is 1. The molecule has 0 spiro atoms. The van der Waals surface area contributed by atoms with E-state index < -0.39 is 29.7 Å². The van der Waals surface area contributed by atoms with Crippen molar-refractivity contribution < 1.29 is 19.1 Å². The highest BCUT2D eigenvalue weighted by Crippen LogP contribution is 2.56. The largest absolute Gasteiger partial charge is 0.393 e. The van der Waals surface area contributed by atoms with Gasteiger partial charge < -0.3 is 9.64 Å². The lowest BCUT2D eigenvalue weighted by Gasteiger charge is -2.48. The first-order chi connectivity index (χ1) is 9.11. The summed E-state index contributed by atoms with van der Waals surface area (Å²) in [6.07, 6.45) is 0. The summed E-state index contributed by atoms with van der Waals surface area (Å²) >= 11 is 0. The summed E-state index contributed by atoms with van der Waals surface area (Å²) in [5.41, 5.74) is 1.83. The number of fused-ring (bicyclic) bond motifs is 1. The summed E-state index contributed by atoms with van der Waals surface area (Å²) in [7, 11) is 1.68. The fourth-order valence-corrected chi connectivity index (χ4v) is 3.74. The van der Waals surface area contributed by atoms with Crippen molar-refractivity contribution in [2.45, 2.75) is 12.0 Å². The van der Waals surface area contributed by atoms with Gasteiger partial charge in [-0.2, -0.15) is 0 Å². The van der Waals surface area contributed by atoms with Crippen LogP contribution in [0.2, 0.25) is 0 Å². The van der Waals surface area contributed by atoms with Gasteiger partial charge >= 0.3 is 11.9 Å². The van der Waals surface area contributed by atoms with Crippen molar-refractivity contribution in [3.8, 4) is 0 Å². The minimum Gasteiger partial charge on any atom is -0.393 e. The number of carbonyl (C=O) groups excluding carboxylic acids is 3. The summed E-state index contributed by atoms with van der Waals surface area (Å²) in [5, 5.41) is 0. The molecule has 5 nitrogen and oxygen atoms in total. The van der Waals surface area contributed by atoms with Gasteiger partial charge in [0.15, 0.2) is 0 Å². The summed E-state index contributed by atoms with van der Waals surface area (Å²) in [4.78, 5) is 37.7. The molecule has 0 saturated carbocycles. The van der Waals surface area contributed by atoms with Crippen LogP contribution < -0.4 is 0 Å². The van der Waals surface area contributed by atoms with Gasteiger partial charge in [-0.15, -0.1) is 0 Å². The fraction of sp³-hybridized carbons (Fsp3) is 0.357. The molecule has 0 aromatic heterocycles. The number of nitrogens with zero attached hydrogens (tertiary/aromatic N) is 1. The lowest BCUT2D eigenvalue weighted by atomic mass is 9.63. The maximum Gasteiger partial charge on any atom is 0.319 e. The fourth-order valence-electron chi connectivity index (χ4n) is 3.74. The van der Waals surface area contributed by atoms with Crippen LogP contribution in [0.15, 0.2) is 24.3 Å². The van der Waals surface area contributed by atoms with E-state index in [9.17, 15) is 14.4 Å². The molecular formula is C14H11NO4. The highest BCUT2D eigenvalue weighted by Gasteiger charge is 2.63. The molecule has 19 heavy (non-hydrogen) atoms. The van der Waals surface area contributed by atoms with Crippen LogP contribution in [0.1, 0.15) is 23.1 Å². The van der Waals surface area contributed by atoms with Crippen molar-refractivity contribution in [1.82, 2.24) is 4.90 Å².